The van der Waals surface area contributed by atoms with Gasteiger partial charge in [-0.2, -0.15) is 11.8 Å². The molecule has 0 unspecified atom stereocenters. The van der Waals surface area contributed by atoms with Crippen molar-refractivity contribution in [1.82, 2.24) is 5.32 Å². The quantitative estimate of drug-likeness (QED) is 0.739. The number of rotatable bonds is 6. The SMILES string of the molecule is CC(C)(C)SC[C@@H](C=O)NC(=O)OCC1c2ccccc2-c2ccccc21. The number of amides is 1. The lowest BCUT2D eigenvalue weighted by Gasteiger charge is -2.21. The van der Waals surface area contributed by atoms with Crippen molar-refractivity contribution >= 4 is 24.1 Å². The molecule has 1 aliphatic rings. The molecular weight excluding hydrogens is 358 g/mol. The Hall–Kier alpha value is -2.27. The zero-order valence-corrected chi connectivity index (χ0v) is 16.7. The van der Waals surface area contributed by atoms with Crippen molar-refractivity contribution in [3.63, 3.8) is 0 Å². The van der Waals surface area contributed by atoms with Crippen molar-refractivity contribution < 1.29 is 14.3 Å². The highest BCUT2D eigenvalue weighted by molar-refractivity contribution is 8.00. The smallest absolute Gasteiger partial charge is 0.407 e. The number of benzene rings is 2. The first-order valence-electron chi connectivity index (χ1n) is 9.10. The molecule has 0 radical (unpaired) electrons. The molecule has 0 heterocycles. The zero-order chi connectivity index (χ0) is 19.4. The summed E-state index contributed by atoms with van der Waals surface area (Å²) in [6, 6.07) is 15.9. The molecule has 0 aromatic heterocycles. The highest BCUT2D eigenvalue weighted by Gasteiger charge is 2.29. The molecule has 5 heteroatoms. The van der Waals surface area contributed by atoms with Crippen molar-refractivity contribution in [3.8, 4) is 11.1 Å². The van der Waals surface area contributed by atoms with Gasteiger partial charge in [-0.15, -0.1) is 0 Å². The number of fused-ring (bicyclic) bond motifs is 3. The van der Waals surface area contributed by atoms with Gasteiger partial charge in [0.2, 0.25) is 0 Å². The summed E-state index contributed by atoms with van der Waals surface area (Å²) in [6.07, 6.45) is 0.212. The Morgan fingerprint density at radius 3 is 2.19 bits per heavy atom. The number of aldehydes is 1. The zero-order valence-electron chi connectivity index (χ0n) is 15.9. The third-order valence-electron chi connectivity index (χ3n) is 4.51. The van der Waals surface area contributed by atoms with Gasteiger partial charge in [0.25, 0.3) is 0 Å². The van der Waals surface area contributed by atoms with Gasteiger partial charge in [-0.3, -0.25) is 0 Å². The van der Waals surface area contributed by atoms with Crippen molar-refractivity contribution in [1.29, 1.82) is 0 Å². The van der Waals surface area contributed by atoms with Crippen LogP contribution in [0.4, 0.5) is 4.79 Å². The molecule has 1 aliphatic carbocycles. The summed E-state index contributed by atoms with van der Waals surface area (Å²) in [7, 11) is 0. The lowest BCUT2D eigenvalue weighted by molar-refractivity contribution is -0.109. The van der Waals surface area contributed by atoms with Crippen LogP contribution in [-0.4, -0.2) is 35.5 Å². The average Bonchev–Trinajstić information content (AvgIpc) is 2.97. The third-order valence-corrected chi connectivity index (χ3v) is 5.90. The number of hydrogen-bond donors (Lipinski definition) is 1. The molecule has 0 aliphatic heterocycles. The standard InChI is InChI=1S/C22H25NO3S/c1-22(2,3)27-14-15(12-24)23-21(25)26-13-20-18-10-6-4-8-16(18)17-9-5-7-11-19(17)20/h4-12,15,20H,13-14H2,1-3H3,(H,23,25)/t15-/m1/s1. The Labute approximate surface area is 164 Å². The average molecular weight is 384 g/mol. The monoisotopic (exact) mass is 383 g/mol. The number of ether oxygens (including phenoxy) is 1. The third kappa shape index (κ3) is 4.72. The number of carbonyl (C=O) groups excluding carboxylic acids is 2. The highest BCUT2D eigenvalue weighted by Crippen LogP contribution is 2.44. The molecule has 2 aromatic rings. The summed E-state index contributed by atoms with van der Waals surface area (Å²) in [5, 5.41) is 2.66. The molecule has 3 rings (SSSR count). The first-order valence-corrected chi connectivity index (χ1v) is 10.1. The second-order valence-electron chi connectivity index (χ2n) is 7.64. The minimum atomic E-state index is -0.552. The fourth-order valence-corrected chi connectivity index (χ4v) is 4.09. The molecule has 1 atom stereocenters. The minimum absolute atomic E-state index is 0.0155. The maximum Gasteiger partial charge on any atom is 0.407 e. The van der Waals surface area contributed by atoms with Crippen LogP contribution < -0.4 is 5.32 Å². The van der Waals surface area contributed by atoms with E-state index in [1.165, 1.54) is 22.3 Å². The van der Waals surface area contributed by atoms with E-state index in [9.17, 15) is 9.59 Å². The molecule has 0 spiro atoms. The van der Waals surface area contributed by atoms with Crippen LogP contribution >= 0.6 is 11.8 Å². The van der Waals surface area contributed by atoms with Crippen LogP contribution in [0.2, 0.25) is 0 Å². The van der Waals surface area contributed by atoms with E-state index in [0.717, 1.165) is 6.29 Å². The van der Waals surface area contributed by atoms with Crippen LogP contribution in [0.3, 0.4) is 0 Å². The molecule has 27 heavy (non-hydrogen) atoms. The maximum absolute atomic E-state index is 12.2. The number of thioether (sulfide) groups is 1. The molecule has 4 nitrogen and oxygen atoms in total. The fourth-order valence-electron chi connectivity index (χ4n) is 3.25. The van der Waals surface area contributed by atoms with E-state index < -0.39 is 12.1 Å². The molecule has 0 bridgehead atoms. The molecule has 1 amide bonds. The maximum atomic E-state index is 12.2. The van der Waals surface area contributed by atoms with Crippen LogP contribution in [-0.2, 0) is 9.53 Å². The van der Waals surface area contributed by atoms with E-state index in [0.29, 0.717) is 5.75 Å². The summed E-state index contributed by atoms with van der Waals surface area (Å²) in [5.74, 6) is 0.541. The van der Waals surface area contributed by atoms with Crippen molar-refractivity contribution in [2.45, 2.75) is 37.5 Å². The van der Waals surface area contributed by atoms with Crippen LogP contribution in [0.25, 0.3) is 11.1 Å². The Balaban J connectivity index is 1.63. The van der Waals surface area contributed by atoms with Gasteiger partial charge in [0.1, 0.15) is 12.9 Å². The van der Waals surface area contributed by atoms with E-state index in [1.807, 2.05) is 24.3 Å². The summed E-state index contributed by atoms with van der Waals surface area (Å²) >= 11 is 1.63. The fraction of sp³-hybridized carbons (Fsp3) is 0.364. The van der Waals surface area contributed by atoms with Gasteiger partial charge in [-0.25, -0.2) is 4.79 Å². The van der Waals surface area contributed by atoms with Gasteiger partial charge in [0.15, 0.2) is 0 Å². The van der Waals surface area contributed by atoms with Gasteiger partial charge in [-0.05, 0) is 22.3 Å². The summed E-state index contributed by atoms with van der Waals surface area (Å²) in [5.41, 5.74) is 4.72. The molecule has 2 aromatic carbocycles. The molecule has 0 saturated heterocycles. The van der Waals surface area contributed by atoms with E-state index in [1.54, 1.807) is 11.8 Å². The largest absolute Gasteiger partial charge is 0.449 e. The molecule has 1 N–H and O–H groups in total. The molecule has 0 fully saturated rings. The predicted octanol–water partition coefficient (Wildman–Crippen LogP) is 4.62. The Kier molecular flexibility index (Phi) is 5.90. The second-order valence-corrected chi connectivity index (χ2v) is 9.48. The van der Waals surface area contributed by atoms with Crippen LogP contribution in [0.1, 0.15) is 37.8 Å². The van der Waals surface area contributed by atoms with Crippen molar-refractivity contribution in [2.24, 2.45) is 0 Å². The van der Waals surface area contributed by atoms with Crippen LogP contribution in [0, 0.1) is 0 Å². The number of nitrogens with one attached hydrogen (secondary N) is 1. The molecule has 0 saturated carbocycles. The van der Waals surface area contributed by atoms with Gasteiger partial charge < -0.3 is 14.8 Å². The number of alkyl carbamates (subject to hydrolysis) is 1. The van der Waals surface area contributed by atoms with Gasteiger partial charge in [0, 0.05) is 16.4 Å². The van der Waals surface area contributed by atoms with Crippen molar-refractivity contribution in [2.75, 3.05) is 12.4 Å². The number of carbonyl (C=O) groups is 2. The second kappa shape index (κ2) is 8.17. The van der Waals surface area contributed by atoms with E-state index in [2.05, 4.69) is 50.4 Å². The molecular formula is C22H25NO3S. The Bertz CT molecular complexity index is 783. The van der Waals surface area contributed by atoms with Crippen LogP contribution in [0.5, 0.6) is 0 Å². The summed E-state index contributed by atoms with van der Waals surface area (Å²) in [4.78, 5) is 23.5. The number of hydrogen-bond acceptors (Lipinski definition) is 4. The topological polar surface area (TPSA) is 55.4 Å². The van der Waals surface area contributed by atoms with Gasteiger partial charge in [-0.1, -0.05) is 69.3 Å². The van der Waals surface area contributed by atoms with Gasteiger partial charge >= 0.3 is 6.09 Å². The first kappa shape index (κ1) is 19.5. The van der Waals surface area contributed by atoms with Gasteiger partial charge in [0.05, 0.1) is 6.04 Å². The highest BCUT2D eigenvalue weighted by atomic mass is 32.2. The first-order chi connectivity index (χ1) is 12.9. The van der Waals surface area contributed by atoms with E-state index >= 15 is 0 Å². The minimum Gasteiger partial charge on any atom is -0.449 e. The summed E-state index contributed by atoms with van der Waals surface area (Å²) in [6.45, 7) is 6.48. The normalized spacial score (nSPS) is 14.2. The lowest BCUT2D eigenvalue weighted by Crippen LogP contribution is -2.39. The van der Waals surface area contributed by atoms with E-state index in [4.69, 9.17) is 4.74 Å². The predicted molar refractivity (Wildman–Crippen MR) is 110 cm³/mol. The Morgan fingerprint density at radius 1 is 1.11 bits per heavy atom. The van der Waals surface area contributed by atoms with E-state index in [-0.39, 0.29) is 17.3 Å². The Morgan fingerprint density at radius 2 is 1.67 bits per heavy atom. The lowest BCUT2D eigenvalue weighted by atomic mass is 9.98. The van der Waals surface area contributed by atoms with Crippen LogP contribution in [0.15, 0.2) is 48.5 Å². The molecule has 142 valence electrons. The van der Waals surface area contributed by atoms with Crippen molar-refractivity contribution in [3.05, 3.63) is 59.7 Å². The summed E-state index contributed by atoms with van der Waals surface area (Å²) < 4.78 is 5.52.